The normalized spacial score (nSPS) is 14.3. The number of carbonyl (C=O) groups excluding carboxylic acids is 1. The fraction of sp³-hybridized carbons (Fsp3) is 0.318. The van der Waals surface area contributed by atoms with Gasteiger partial charge in [0.2, 0.25) is 0 Å². The van der Waals surface area contributed by atoms with Gasteiger partial charge in [0, 0.05) is 50.9 Å². The highest BCUT2D eigenvalue weighted by atomic mass is 16.3. The second-order valence-electron chi connectivity index (χ2n) is 7.46. The van der Waals surface area contributed by atoms with Crippen LogP contribution in [0.5, 0.6) is 5.75 Å². The van der Waals surface area contributed by atoms with Crippen LogP contribution in [0, 0.1) is 11.3 Å². The highest BCUT2D eigenvalue weighted by Gasteiger charge is 2.20. The Morgan fingerprint density at radius 1 is 1.12 bits per heavy atom. The van der Waals surface area contributed by atoms with E-state index < -0.39 is 5.91 Å². The van der Waals surface area contributed by atoms with Crippen molar-refractivity contribution in [3.05, 3.63) is 53.6 Å². The number of hydrogen-bond donors (Lipinski definition) is 3. The summed E-state index contributed by atoms with van der Waals surface area (Å²) >= 11 is 0. The molecule has 3 N–H and O–H groups in total. The summed E-state index contributed by atoms with van der Waals surface area (Å²) in [7, 11) is 0. The number of aromatic hydroxyl groups is 1. The van der Waals surface area contributed by atoms with E-state index in [9.17, 15) is 9.90 Å². The number of aliphatic hydroxyl groups excluding tert-OH is 1. The third-order valence-electron chi connectivity index (χ3n) is 5.43. The van der Waals surface area contributed by atoms with Gasteiger partial charge in [0.25, 0.3) is 5.91 Å². The number of pyridine rings is 3. The second-order valence-corrected chi connectivity index (χ2v) is 7.46. The summed E-state index contributed by atoms with van der Waals surface area (Å²) in [6.45, 7) is 4.29. The number of β-amino-alcohol motifs (C(OH)–C–C–N with tert-alkyl or cyclic N) is 1. The summed E-state index contributed by atoms with van der Waals surface area (Å²) in [5.74, 6) is 0.0514. The number of carbonyl (C=O) groups is 1. The third-order valence-corrected chi connectivity index (χ3v) is 5.43. The smallest absolute Gasteiger partial charge is 0.274 e. The highest BCUT2D eigenvalue weighted by Crippen LogP contribution is 2.28. The van der Waals surface area contributed by atoms with Crippen molar-refractivity contribution in [1.29, 1.82) is 5.26 Å². The van der Waals surface area contributed by atoms with Crippen LogP contribution >= 0.6 is 0 Å². The van der Waals surface area contributed by atoms with Gasteiger partial charge in [0.1, 0.15) is 17.6 Å². The Morgan fingerprint density at radius 2 is 1.94 bits per heavy atom. The minimum absolute atomic E-state index is 0.0775. The van der Waals surface area contributed by atoms with Crippen LogP contribution in [0.3, 0.4) is 0 Å². The monoisotopic (exact) mass is 433 g/mol. The third kappa shape index (κ3) is 4.59. The number of fused-ring (bicyclic) bond motifs is 1. The molecule has 0 atom stereocenters. The van der Waals surface area contributed by atoms with Crippen molar-refractivity contribution in [2.45, 2.75) is 6.54 Å². The van der Waals surface area contributed by atoms with Crippen LogP contribution in [0.4, 0.5) is 5.82 Å². The number of nitriles is 1. The van der Waals surface area contributed by atoms with E-state index in [0.717, 1.165) is 37.6 Å². The Morgan fingerprint density at radius 3 is 2.62 bits per heavy atom. The molecule has 0 aliphatic carbocycles. The molecular weight excluding hydrogens is 410 g/mol. The largest absolute Gasteiger partial charge is 0.505 e. The molecule has 1 aliphatic rings. The van der Waals surface area contributed by atoms with Crippen molar-refractivity contribution in [2.24, 2.45) is 0 Å². The van der Waals surface area contributed by atoms with E-state index >= 15 is 0 Å². The fourth-order valence-corrected chi connectivity index (χ4v) is 3.62. The maximum atomic E-state index is 12.5. The van der Waals surface area contributed by atoms with Gasteiger partial charge < -0.3 is 20.4 Å². The van der Waals surface area contributed by atoms with Crippen molar-refractivity contribution in [3.8, 4) is 11.8 Å². The summed E-state index contributed by atoms with van der Waals surface area (Å²) in [5, 5.41) is 31.7. The van der Waals surface area contributed by atoms with E-state index in [0.29, 0.717) is 23.1 Å². The molecule has 1 fully saturated rings. The first-order valence-corrected chi connectivity index (χ1v) is 10.3. The molecule has 32 heavy (non-hydrogen) atoms. The Kier molecular flexibility index (Phi) is 6.39. The zero-order chi connectivity index (χ0) is 22.5. The summed E-state index contributed by atoms with van der Waals surface area (Å²) in [6, 6.07) is 8.79. The van der Waals surface area contributed by atoms with E-state index in [1.807, 2.05) is 12.1 Å². The van der Waals surface area contributed by atoms with Crippen LogP contribution in [0.1, 0.15) is 21.7 Å². The standard InChI is InChI=1S/C22H23N7O3/c23-11-16-2-1-15(12-24-16)13-26-22(32)20-21(31)17-3-4-19(27-18(17)14-25-20)29-7-5-28(6-8-29)9-10-30/h1-4,12,14,30-31H,5-10,13H2,(H,26,32). The summed E-state index contributed by atoms with van der Waals surface area (Å²) in [4.78, 5) is 29.6. The van der Waals surface area contributed by atoms with Crippen molar-refractivity contribution in [2.75, 3.05) is 44.2 Å². The fourth-order valence-electron chi connectivity index (χ4n) is 3.62. The average Bonchev–Trinajstić information content (AvgIpc) is 2.83. The van der Waals surface area contributed by atoms with E-state index in [1.54, 1.807) is 18.2 Å². The SMILES string of the molecule is N#Cc1ccc(CNC(=O)c2ncc3nc(N4CCN(CCO)CC4)ccc3c2O)cn1. The molecule has 1 amide bonds. The van der Waals surface area contributed by atoms with E-state index in [4.69, 9.17) is 10.4 Å². The van der Waals surface area contributed by atoms with Crippen molar-refractivity contribution >= 4 is 22.6 Å². The van der Waals surface area contributed by atoms with E-state index in [-0.39, 0.29) is 24.6 Å². The molecule has 4 rings (SSSR count). The van der Waals surface area contributed by atoms with Gasteiger partial charge in [-0.2, -0.15) is 5.26 Å². The van der Waals surface area contributed by atoms with Gasteiger partial charge in [0.05, 0.1) is 18.3 Å². The Balaban J connectivity index is 1.46. The molecule has 0 saturated carbocycles. The molecule has 1 saturated heterocycles. The van der Waals surface area contributed by atoms with Gasteiger partial charge in [0.15, 0.2) is 11.4 Å². The average molecular weight is 433 g/mol. The first-order valence-electron chi connectivity index (χ1n) is 10.3. The number of nitrogens with one attached hydrogen (secondary N) is 1. The summed E-state index contributed by atoms with van der Waals surface area (Å²) in [5.41, 5.74) is 1.45. The zero-order valence-corrected chi connectivity index (χ0v) is 17.4. The minimum atomic E-state index is -0.516. The Labute approximate surface area is 184 Å². The van der Waals surface area contributed by atoms with Gasteiger partial charge >= 0.3 is 0 Å². The van der Waals surface area contributed by atoms with Crippen LogP contribution in [0.15, 0.2) is 36.7 Å². The lowest BCUT2D eigenvalue weighted by atomic mass is 10.2. The maximum Gasteiger partial charge on any atom is 0.274 e. The zero-order valence-electron chi connectivity index (χ0n) is 17.4. The molecule has 10 heteroatoms. The first-order chi connectivity index (χ1) is 15.6. The lowest BCUT2D eigenvalue weighted by Crippen LogP contribution is -2.47. The number of amides is 1. The van der Waals surface area contributed by atoms with Crippen molar-refractivity contribution < 1.29 is 15.0 Å². The van der Waals surface area contributed by atoms with Crippen molar-refractivity contribution in [3.63, 3.8) is 0 Å². The van der Waals surface area contributed by atoms with E-state index in [1.165, 1.54) is 12.4 Å². The second kappa shape index (κ2) is 9.55. The minimum Gasteiger partial charge on any atom is -0.505 e. The number of aliphatic hydroxyl groups is 1. The van der Waals surface area contributed by atoms with Gasteiger partial charge in [-0.25, -0.2) is 15.0 Å². The highest BCUT2D eigenvalue weighted by molar-refractivity contribution is 6.00. The summed E-state index contributed by atoms with van der Waals surface area (Å²) < 4.78 is 0. The molecule has 10 nitrogen and oxygen atoms in total. The van der Waals surface area contributed by atoms with Crippen LogP contribution in [-0.4, -0.2) is 75.3 Å². The topological polar surface area (TPSA) is 138 Å². The molecule has 1 aliphatic heterocycles. The van der Waals surface area contributed by atoms with Crippen LogP contribution in [-0.2, 0) is 6.54 Å². The van der Waals surface area contributed by atoms with Crippen molar-refractivity contribution in [1.82, 2.24) is 25.2 Å². The quantitative estimate of drug-likeness (QED) is 0.511. The molecule has 3 aromatic rings. The van der Waals surface area contributed by atoms with E-state index in [2.05, 4.69) is 30.1 Å². The summed E-state index contributed by atoms with van der Waals surface area (Å²) in [6.07, 6.45) is 3.00. The molecule has 0 radical (unpaired) electrons. The number of hydrogen-bond acceptors (Lipinski definition) is 9. The molecular formula is C22H23N7O3. The lowest BCUT2D eigenvalue weighted by Gasteiger charge is -2.35. The number of nitrogens with zero attached hydrogens (tertiary/aromatic N) is 6. The van der Waals surface area contributed by atoms with Gasteiger partial charge in [-0.05, 0) is 23.8 Å². The Hall–Kier alpha value is -3.81. The molecule has 4 heterocycles. The lowest BCUT2D eigenvalue weighted by molar-refractivity contribution is 0.0943. The molecule has 0 aromatic carbocycles. The van der Waals surface area contributed by atoms with Gasteiger partial charge in [-0.15, -0.1) is 0 Å². The first kappa shape index (κ1) is 21.4. The molecule has 164 valence electrons. The number of anilines is 1. The number of piperazine rings is 1. The molecule has 0 spiro atoms. The van der Waals surface area contributed by atoms with Gasteiger partial charge in [-0.1, -0.05) is 6.07 Å². The predicted molar refractivity (Wildman–Crippen MR) is 117 cm³/mol. The van der Waals surface area contributed by atoms with Crippen LogP contribution in [0.25, 0.3) is 10.9 Å². The maximum absolute atomic E-state index is 12.5. The predicted octanol–water partition coefficient (Wildman–Crippen LogP) is 0.646. The van der Waals surface area contributed by atoms with Gasteiger partial charge in [-0.3, -0.25) is 9.69 Å². The van der Waals surface area contributed by atoms with Crippen LogP contribution in [0.2, 0.25) is 0 Å². The molecule has 0 unspecified atom stereocenters. The Bertz CT molecular complexity index is 1150. The molecule has 0 bridgehead atoms. The van der Waals surface area contributed by atoms with Crippen LogP contribution < -0.4 is 10.2 Å². The number of rotatable bonds is 6. The number of aromatic nitrogens is 3. The molecule has 3 aromatic heterocycles.